The average molecular weight is 543 g/mol. The maximum Gasteiger partial charge on any atom is 0.246 e. The zero-order valence-corrected chi connectivity index (χ0v) is 19.9. The van der Waals surface area contributed by atoms with Gasteiger partial charge in [-0.2, -0.15) is 5.10 Å². The molecular formula is C20H27FIN7O2. The summed E-state index contributed by atoms with van der Waals surface area (Å²) < 4.78 is 14.9. The van der Waals surface area contributed by atoms with Crippen molar-refractivity contribution in [2.75, 3.05) is 44.7 Å². The Morgan fingerprint density at radius 2 is 2.03 bits per heavy atom. The summed E-state index contributed by atoms with van der Waals surface area (Å²) in [6.45, 7) is 2.22. The molecule has 0 saturated carbocycles. The Balaban J connectivity index is 0.00000341. The van der Waals surface area contributed by atoms with Crippen molar-refractivity contribution < 1.29 is 14.0 Å². The fourth-order valence-electron chi connectivity index (χ4n) is 3.28. The quantitative estimate of drug-likeness (QED) is 0.243. The second-order valence-electron chi connectivity index (χ2n) is 6.97. The van der Waals surface area contributed by atoms with Crippen molar-refractivity contribution in [2.45, 2.75) is 6.42 Å². The average Bonchev–Trinajstić information content (AvgIpc) is 3.14. The number of guanidine groups is 1. The van der Waals surface area contributed by atoms with E-state index >= 15 is 0 Å². The van der Waals surface area contributed by atoms with Gasteiger partial charge in [-0.05, 0) is 17.7 Å². The molecule has 168 valence electrons. The number of aryl methyl sites for hydroxylation is 1. The highest BCUT2D eigenvalue weighted by atomic mass is 127. The van der Waals surface area contributed by atoms with E-state index in [1.807, 2.05) is 18.1 Å². The van der Waals surface area contributed by atoms with Crippen molar-refractivity contribution in [1.82, 2.24) is 25.3 Å². The Hall–Kier alpha value is -2.70. The zero-order chi connectivity index (χ0) is 21.5. The first-order chi connectivity index (χ1) is 14.5. The van der Waals surface area contributed by atoms with Crippen LogP contribution in [0, 0.1) is 5.82 Å². The van der Waals surface area contributed by atoms with Crippen LogP contribution in [0.15, 0.2) is 41.7 Å². The van der Waals surface area contributed by atoms with E-state index in [9.17, 15) is 14.0 Å². The molecule has 1 saturated heterocycles. The van der Waals surface area contributed by atoms with E-state index in [0.29, 0.717) is 37.7 Å². The first kappa shape index (κ1) is 24.6. The SMILES string of the molecule is CN=C(NCCNC(=O)Cc1cccc(F)c1)N1CCN(c2cnn(C)c2)C(=O)C1.I. The maximum absolute atomic E-state index is 13.2. The Kier molecular flexibility index (Phi) is 9.21. The number of aromatic nitrogens is 2. The van der Waals surface area contributed by atoms with Crippen molar-refractivity contribution >= 4 is 47.4 Å². The summed E-state index contributed by atoms with van der Waals surface area (Å²) in [6.07, 6.45) is 3.61. The van der Waals surface area contributed by atoms with E-state index in [4.69, 9.17) is 0 Å². The van der Waals surface area contributed by atoms with Crippen LogP contribution in [0.25, 0.3) is 0 Å². The summed E-state index contributed by atoms with van der Waals surface area (Å²) in [4.78, 5) is 32.4. The first-order valence-electron chi connectivity index (χ1n) is 9.72. The molecule has 0 bridgehead atoms. The summed E-state index contributed by atoms with van der Waals surface area (Å²) in [5.41, 5.74) is 1.41. The van der Waals surface area contributed by atoms with Crippen molar-refractivity contribution in [2.24, 2.45) is 12.0 Å². The van der Waals surface area contributed by atoms with Gasteiger partial charge in [0.1, 0.15) is 12.4 Å². The predicted octanol–water partition coefficient (Wildman–Crippen LogP) is 0.760. The van der Waals surface area contributed by atoms with Crippen LogP contribution in [0.3, 0.4) is 0 Å². The molecule has 9 nitrogen and oxygen atoms in total. The Morgan fingerprint density at radius 1 is 1.26 bits per heavy atom. The molecule has 2 amide bonds. The molecule has 2 heterocycles. The first-order valence-corrected chi connectivity index (χ1v) is 9.72. The van der Waals surface area contributed by atoms with Crippen molar-refractivity contribution in [3.05, 3.63) is 48.0 Å². The lowest BCUT2D eigenvalue weighted by Crippen LogP contribution is -2.56. The molecule has 3 rings (SSSR count). The number of rotatable bonds is 6. The van der Waals surface area contributed by atoms with Gasteiger partial charge in [-0.1, -0.05) is 12.1 Å². The molecule has 31 heavy (non-hydrogen) atoms. The second-order valence-corrected chi connectivity index (χ2v) is 6.97. The van der Waals surface area contributed by atoms with Crippen LogP contribution < -0.4 is 15.5 Å². The zero-order valence-electron chi connectivity index (χ0n) is 17.5. The van der Waals surface area contributed by atoms with E-state index < -0.39 is 0 Å². The van der Waals surface area contributed by atoms with Gasteiger partial charge in [-0.15, -0.1) is 24.0 Å². The van der Waals surface area contributed by atoms with Crippen LogP contribution in [0.4, 0.5) is 10.1 Å². The van der Waals surface area contributed by atoms with Crippen molar-refractivity contribution in [1.29, 1.82) is 0 Å². The molecule has 11 heteroatoms. The van der Waals surface area contributed by atoms with Gasteiger partial charge in [0.05, 0.1) is 18.3 Å². The summed E-state index contributed by atoms with van der Waals surface area (Å²) in [7, 11) is 3.47. The molecule has 1 fully saturated rings. The fraction of sp³-hybridized carbons (Fsp3) is 0.400. The lowest BCUT2D eigenvalue weighted by atomic mass is 10.1. The molecule has 1 aromatic heterocycles. The van der Waals surface area contributed by atoms with Crippen LogP contribution in [0.1, 0.15) is 5.56 Å². The van der Waals surface area contributed by atoms with E-state index in [1.165, 1.54) is 12.1 Å². The summed E-state index contributed by atoms with van der Waals surface area (Å²) in [5, 5.41) is 10.1. The molecule has 0 aliphatic carbocycles. The van der Waals surface area contributed by atoms with E-state index in [0.717, 1.165) is 5.69 Å². The van der Waals surface area contributed by atoms with Crippen molar-refractivity contribution in [3.63, 3.8) is 0 Å². The minimum Gasteiger partial charge on any atom is -0.354 e. The van der Waals surface area contributed by atoms with E-state index in [-0.39, 0.29) is 54.6 Å². The van der Waals surface area contributed by atoms with Crippen molar-refractivity contribution in [3.8, 4) is 0 Å². The lowest BCUT2D eigenvalue weighted by Gasteiger charge is -2.35. The molecule has 1 aliphatic rings. The number of aliphatic imine (C=N–C) groups is 1. The number of benzene rings is 1. The van der Waals surface area contributed by atoms with Gasteiger partial charge >= 0.3 is 0 Å². The third kappa shape index (κ3) is 6.91. The number of carbonyl (C=O) groups is 2. The fourth-order valence-corrected chi connectivity index (χ4v) is 3.28. The topological polar surface area (TPSA) is 94.9 Å². The monoisotopic (exact) mass is 543 g/mol. The van der Waals surface area contributed by atoms with Gasteiger partial charge in [0, 0.05) is 46.5 Å². The Bertz CT molecular complexity index is 934. The number of hydrogen-bond donors (Lipinski definition) is 2. The third-order valence-corrected chi connectivity index (χ3v) is 4.72. The molecular weight excluding hydrogens is 516 g/mol. The molecule has 0 spiro atoms. The minimum absolute atomic E-state index is 0. The van der Waals surface area contributed by atoms with Crippen LogP contribution in [0.5, 0.6) is 0 Å². The second kappa shape index (κ2) is 11.6. The van der Waals surface area contributed by atoms with Gasteiger partial charge in [0.2, 0.25) is 11.8 Å². The Morgan fingerprint density at radius 3 is 2.68 bits per heavy atom. The largest absolute Gasteiger partial charge is 0.354 e. The maximum atomic E-state index is 13.2. The van der Waals surface area contributed by atoms with Gasteiger partial charge in [0.25, 0.3) is 0 Å². The van der Waals surface area contributed by atoms with E-state index in [1.54, 1.807) is 35.0 Å². The number of nitrogens with zero attached hydrogens (tertiary/aromatic N) is 5. The number of hydrogen-bond acceptors (Lipinski definition) is 4. The Labute approximate surface area is 197 Å². The minimum atomic E-state index is -0.357. The number of nitrogens with one attached hydrogen (secondary N) is 2. The number of anilines is 1. The van der Waals surface area contributed by atoms with Crippen LogP contribution in [0.2, 0.25) is 0 Å². The van der Waals surface area contributed by atoms with Crippen LogP contribution in [-0.4, -0.2) is 72.2 Å². The molecule has 0 atom stereocenters. The van der Waals surface area contributed by atoms with E-state index in [2.05, 4.69) is 20.7 Å². The molecule has 0 unspecified atom stereocenters. The smallest absolute Gasteiger partial charge is 0.246 e. The summed E-state index contributed by atoms with van der Waals surface area (Å²) in [5.74, 6) is 0.0377. The summed E-state index contributed by atoms with van der Waals surface area (Å²) in [6, 6.07) is 5.99. The van der Waals surface area contributed by atoms with Crippen LogP contribution >= 0.6 is 24.0 Å². The third-order valence-electron chi connectivity index (χ3n) is 4.72. The number of halogens is 2. The van der Waals surface area contributed by atoms with Gasteiger partial charge in [-0.3, -0.25) is 19.3 Å². The molecule has 1 aromatic carbocycles. The highest BCUT2D eigenvalue weighted by Crippen LogP contribution is 2.16. The number of piperazine rings is 1. The van der Waals surface area contributed by atoms with Crippen LogP contribution in [-0.2, 0) is 23.1 Å². The van der Waals surface area contributed by atoms with Gasteiger partial charge in [-0.25, -0.2) is 4.39 Å². The number of amides is 2. The molecule has 0 radical (unpaired) electrons. The normalized spacial score (nSPS) is 14.3. The molecule has 2 N–H and O–H groups in total. The lowest BCUT2D eigenvalue weighted by molar-refractivity contribution is -0.121. The van der Waals surface area contributed by atoms with Gasteiger partial charge < -0.3 is 20.4 Å². The highest BCUT2D eigenvalue weighted by molar-refractivity contribution is 14.0. The molecule has 1 aliphatic heterocycles. The predicted molar refractivity (Wildman–Crippen MR) is 127 cm³/mol. The number of carbonyl (C=O) groups excluding carboxylic acids is 2. The summed E-state index contributed by atoms with van der Waals surface area (Å²) >= 11 is 0. The van der Waals surface area contributed by atoms with Gasteiger partial charge in [0.15, 0.2) is 5.96 Å². The highest BCUT2D eigenvalue weighted by Gasteiger charge is 2.27. The molecule has 2 aromatic rings. The standard InChI is InChI=1S/C20H26FN7O2.HI/c1-22-20(24-7-6-23-18(29)11-15-4-3-5-16(21)10-15)27-8-9-28(19(30)14-27)17-12-25-26(2)13-17;/h3-5,10,12-13H,6-9,11,14H2,1-2H3,(H,22,24)(H,23,29);1H.